The molecule has 0 aliphatic carbocycles. The van der Waals surface area contributed by atoms with Gasteiger partial charge in [0.25, 0.3) is 0 Å². The van der Waals surface area contributed by atoms with Gasteiger partial charge in [0, 0.05) is 12.6 Å². The molecular weight excluding hydrogens is 255 g/mol. The normalized spacial score (nSPS) is 12.8. The molecule has 0 spiro atoms. The van der Waals surface area contributed by atoms with E-state index in [1.165, 1.54) is 0 Å². The first-order valence-electron chi connectivity index (χ1n) is 6.88. The van der Waals surface area contributed by atoms with Gasteiger partial charge in [0.1, 0.15) is 11.6 Å². The molecule has 108 valence electrons. The van der Waals surface area contributed by atoms with Crippen LogP contribution in [0.5, 0.6) is 0 Å². The summed E-state index contributed by atoms with van der Waals surface area (Å²) in [4.78, 5) is 2.18. The lowest BCUT2D eigenvalue weighted by atomic mass is 10.0. The minimum atomic E-state index is -0.185. The van der Waals surface area contributed by atoms with Gasteiger partial charge in [-0.25, -0.2) is 4.39 Å². The van der Waals surface area contributed by atoms with E-state index in [1.54, 1.807) is 25.3 Å². The van der Waals surface area contributed by atoms with E-state index in [2.05, 4.69) is 11.8 Å². The largest absolute Gasteiger partial charge is 0.468 e. The molecule has 2 N–H and O–H groups in total. The van der Waals surface area contributed by atoms with E-state index in [-0.39, 0.29) is 11.9 Å². The summed E-state index contributed by atoms with van der Waals surface area (Å²) in [5, 5.41) is 0. The lowest BCUT2D eigenvalue weighted by molar-refractivity contribution is 0.187. The molecule has 1 heterocycles. The van der Waals surface area contributed by atoms with Gasteiger partial charge in [-0.2, -0.15) is 0 Å². The number of hydrogen-bond donors (Lipinski definition) is 1. The summed E-state index contributed by atoms with van der Waals surface area (Å²) >= 11 is 0. The second-order valence-corrected chi connectivity index (χ2v) is 4.90. The van der Waals surface area contributed by atoms with Crippen LogP contribution in [0.25, 0.3) is 0 Å². The van der Waals surface area contributed by atoms with Gasteiger partial charge in [-0.3, -0.25) is 4.90 Å². The minimum Gasteiger partial charge on any atom is -0.468 e. The lowest BCUT2D eigenvalue weighted by Crippen LogP contribution is -2.33. The highest BCUT2D eigenvalue weighted by Gasteiger charge is 2.19. The van der Waals surface area contributed by atoms with E-state index in [0.29, 0.717) is 18.7 Å². The van der Waals surface area contributed by atoms with Crippen LogP contribution in [0.3, 0.4) is 0 Å². The van der Waals surface area contributed by atoms with E-state index in [9.17, 15) is 4.39 Å². The van der Waals surface area contributed by atoms with Crippen LogP contribution < -0.4 is 5.73 Å². The highest BCUT2D eigenvalue weighted by Crippen LogP contribution is 2.23. The van der Waals surface area contributed by atoms with E-state index in [4.69, 9.17) is 10.2 Å². The summed E-state index contributed by atoms with van der Waals surface area (Å²) in [6.07, 6.45) is 1.66. The molecule has 0 saturated carbocycles. The Morgan fingerprint density at radius 1 is 1.35 bits per heavy atom. The van der Waals surface area contributed by atoms with Gasteiger partial charge in [0.05, 0.1) is 12.8 Å². The number of nitrogens with two attached hydrogens (primary N) is 1. The topological polar surface area (TPSA) is 42.4 Å². The third-order valence-corrected chi connectivity index (χ3v) is 3.59. The maximum Gasteiger partial charge on any atom is 0.126 e. The second kappa shape index (κ2) is 6.68. The van der Waals surface area contributed by atoms with Gasteiger partial charge < -0.3 is 10.2 Å². The van der Waals surface area contributed by atoms with Gasteiger partial charge in [0.15, 0.2) is 0 Å². The number of aryl methyl sites for hydroxylation is 1. The van der Waals surface area contributed by atoms with Gasteiger partial charge >= 0.3 is 0 Å². The van der Waals surface area contributed by atoms with E-state index < -0.39 is 0 Å². The number of benzene rings is 1. The molecule has 2 aromatic rings. The van der Waals surface area contributed by atoms with Gasteiger partial charge in [0.2, 0.25) is 0 Å². The quantitative estimate of drug-likeness (QED) is 0.880. The fourth-order valence-corrected chi connectivity index (χ4v) is 2.36. The van der Waals surface area contributed by atoms with Crippen LogP contribution >= 0.6 is 0 Å². The molecule has 0 saturated heterocycles. The Balaban J connectivity index is 2.21. The van der Waals surface area contributed by atoms with Crippen LogP contribution in [0.4, 0.5) is 4.39 Å². The Morgan fingerprint density at radius 3 is 2.70 bits per heavy atom. The molecule has 3 nitrogen and oxygen atoms in total. The number of likely N-dealkylation sites (N-methyl/N-ethyl adjacent to an activating group) is 1. The SMILES string of the molecule is CCN(Cc1ccco1)C(CN)c1ccc(C)c(F)c1. The van der Waals surface area contributed by atoms with Gasteiger partial charge in [-0.05, 0) is 42.8 Å². The Labute approximate surface area is 119 Å². The van der Waals surface area contributed by atoms with E-state index in [1.807, 2.05) is 18.2 Å². The Bertz CT molecular complexity index is 539. The van der Waals surface area contributed by atoms with Gasteiger partial charge in [-0.1, -0.05) is 19.1 Å². The second-order valence-electron chi connectivity index (χ2n) is 4.90. The molecule has 2 rings (SSSR count). The van der Waals surface area contributed by atoms with Crippen molar-refractivity contribution in [1.29, 1.82) is 0 Å². The van der Waals surface area contributed by atoms with Crippen LogP contribution in [0, 0.1) is 12.7 Å². The number of halogens is 1. The number of furan rings is 1. The van der Waals surface area contributed by atoms with Crippen molar-refractivity contribution in [2.24, 2.45) is 5.73 Å². The fraction of sp³-hybridized carbons (Fsp3) is 0.375. The van der Waals surface area contributed by atoms with Gasteiger partial charge in [-0.15, -0.1) is 0 Å². The monoisotopic (exact) mass is 276 g/mol. The third kappa shape index (κ3) is 3.26. The molecule has 0 bridgehead atoms. The van der Waals surface area contributed by atoms with Crippen molar-refractivity contribution in [1.82, 2.24) is 4.90 Å². The number of rotatable bonds is 6. The Morgan fingerprint density at radius 2 is 2.15 bits per heavy atom. The van der Waals surface area contributed by atoms with Crippen molar-refractivity contribution in [3.8, 4) is 0 Å². The van der Waals surface area contributed by atoms with Crippen molar-refractivity contribution in [3.05, 3.63) is 59.3 Å². The molecule has 4 heteroatoms. The standard InChI is InChI=1S/C16H21FN2O/c1-3-19(11-14-5-4-8-20-14)16(10-18)13-7-6-12(2)15(17)9-13/h4-9,16H,3,10-11,18H2,1-2H3. The van der Waals surface area contributed by atoms with Crippen molar-refractivity contribution >= 4 is 0 Å². The molecule has 1 unspecified atom stereocenters. The summed E-state index contributed by atoms with van der Waals surface area (Å²) < 4.78 is 19.1. The zero-order valence-electron chi connectivity index (χ0n) is 12.0. The molecule has 0 aliphatic rings. The minimum absolute atomic E-state index is 0.0137. The first kappa shape index (κ1) is 14.8. The summed E-state index contributed by atoms with van der Waals surface area (Å²) in [6, 6.07) is 9.12. The van der Waals surface area contributed by atoms with Crippen molar-refractivity contribution in [3.63, 3.8) is 0 Å². The summed E-state index contributed by atoms with van der Waals surface area (Å²) in [7, 11) is 0. The van der Waals surface area contributed by atoms with Crippen LogP contribution in [-0.4, -0.2) is 18.0 Å². The highest BCUT2D eigenvalue weighted by atomic mass is 19.1. The first-order valence-corrected chi connectivity index (χ1v) is 6.88. The number of hydrogen-bond acceptors (Lipinski definition) is 3. The average Bonchev–Trinajstić information content (AvgIpc) is 2.95. The Hall–Kier alpha value is -1.65. The molecule has 0 aliphatic heterocycles. The van der Waals surface area contributed by atoms with Crippen LogP contribution in [0.1, 0.15) is 29.9 Å². The predicted octanol–water partition coefficient (Wildman–Crippen LogP) is 3.25. The van der Waals surface area contributed by atoms with E-state index in [0.717, 1.165) is 17.9 Å². The molecule has 1 aromatic heterocycles. The van der Waals surface area contributed by atoms with E-state index >= 15 is 0 Å². The lowest BCUT2D eigenvalue weighted by Gasteiger charge is -2.29. The molecule has 0 fully saturated rings. The predicted molar refractivity (Wildman–Crippen MR) is 77.7 cm³/mol. The first-order chi connectivity index (χ1) is 9.65. The summed E-state index contributed by atoms with van der Waals surface area (Å²) in [5.74, 6) is 0.702. The zero-order chi connectivity index (χ0) is 14.5. The van der Waals surface area contributed by atoms with Crippen LogP contribution in [0.15, 0.2) is 41.0 Å². The maximum atomic E-state index is 13.7. The zero-order valence-corrected chi connectivity index (χ0v) is 12.0. The molecular formula is C16H21FN2O. The average molecular weight is 276 g/mol. The van der Waals surface area contributed by atoms with Crippen molar-refractivity contribution in [2.45, 2.75) is 26.4 Å². The molecule has 1 aromatic carbocycles. The highest BCUT2D eigenvalue weighted by molar-refractivity contribution is 5.26. The smallest absolute Gasteiger partial charge is 0.126 e. The summed E-state index contributed by atoms with van der Waals surface area (Å²) in [5.41, 5.74) is 7.46. The van der Waals surface area contributed by atoms with Crippen LogP contribution in [0.2, 0.25) is 0 Å². The number of nitrogens with zero attached hydrogens (tertiary/aromatic N) is 1. The summed E-state index contributed by atoms with van der Waals surface area (Å²) in [6.45, 7) is 5.75. The fourth-order valence-electron chi connectivity index (χ4n) is 2.36. The molecule has 0 amide bonds. The molecule has 20 heavy (non-hydrogen) atoms. The van der Waals surface area contributed by atoms with Crippen LogP contribution in [-0.2, 0) is 6.54 Å². The maximum absolute atomic E-state index is 13.7. The van der Waals surface area contributed by atoms with Crippen molar-refractivity contribution in [2.75, 3.05) is 13.1 Å². The molecule has 1 atom stereocenters. The third-order valence-electron chi connectivity index (χ3n) is 3.59. The van der Waals surface area contributed by atoms with Crippen molar-refractivity contribution < 1.29 is 8.81 Å². The molecule has 0 radical (unpaired) electrons. The Kier molecular flexibility index (Phi) is 4.93.